The number of cyclic esters (lactones) is 1. The molecule has 0 aliphatic carbocycles. The van der Waals surface area contributed by atoms with Gasteiger partial charge in [-0.1, -0.05) is 23.0 Å². The molecule has 3 aliphatic heterocycles. The fourth-order valence-electron chi connectivity index (χ4n) is 4.47. The van der Waals surface area contributed by atoms with Crippen molar-refractivity contribution in [3.8, 4) is 0 Å². The minimum absolute atomic E-state index is 0.0293. The van der Waals surface area contributed by atoms with Crippen LogP contribution in [0.1, 0.15) is 18.3 Å². The molecule has 0 saturated carbocycles. The first-order valence-corrected chi connectivity index (χ1v) is 17.5. The Balaban J connectivity index is 1.15. The van der Waals surface area contributed by atoms with E-state index < -0.39 is 29.1 Å². The van der Waals surface area contributed by atoms with Crippen molar-refractivity contribution in [2.75, 3.05) is 35.6 Å². The van der Waals surface area contributed by atoms with Crippen LogP contribution < -0.4 is 32.3 Å². The van der Waals surface area contributed by atoms with Crippen LogP contribution in [0.4, 0.5) is 10.3 Å². The third kappa shape index (κ3) is 7.69. The smallest absolute Gasteiger partial charge is 0.355 e. The molecular formula is C26H28N10O7S4. The molecule has 3 unspecified atom stereocenters. The number of rotatable bonds is 11. The molecule has 3 aliphatic rings. The number of thioether (sulfide) groups is 2. The normalized spacial score (nSPS) is 21.3. The van der Waals surface area contributed by atoms with Gasteiger partial charge in [0, 0.05) is 40.9 Å². The number of anilines is 2. The van der Waals surface area contributed by atoms with Crippen LogP contribution in [0.25, 0.3) is 0 Å². The first-order valence-electron chi connectivity index (χ1n) is 13.7. The lowest BCUT2D eigenvalue weighted by Gasteiger charge is -2.27. The van der Waals surface area contributed by atoms with Gasteiger partial charge in [-0.25, -0.2) is 14.8 Å². The number of amides is 3. The van der Waals surface area contributed by atoms with Crippen LogP contribution in [0.15, 0.2) is 56.3 Å². The summed E-state index contributed by atoms with van der Waals surface area (Å²) < 4.78 is 5.22. The summed E-state index contributed by atoms with van der Waals surface area (Å²) >= 11 is 5.01. The van der Waals surface area contributed by atoms with Gasteiger partial charge in [0.25, 0.3) is 17.7 Å². The van der Waals surface area contributed by atoms with E-state index in [9.17, 15) is 29.6 Å². The van der Waals surface area contributed by atoms with Gasteiger partial charge in [-0.3, -0.25) is 19.7 Å². The fourth-order valence-corrected chi connectivity index (χ4v) is 7.91. The zero-order chi connectivity index (χ0) is 33.7. The molecular weight excluding hydrogens is 693 g/mol. The molecule has 0 saturated heterocycles. The van der Waals surface area contributed by atoms with Gasteiger partial charge >= 0.3 is 5.97 Å². The van der Waals surface area contributed by atoms with Gasteiger partial charge in [0.2, 0.25) is 0 Å². The molecule has 5 rings (SSSR count). The molecule has 17 nitrogen and oxygen atoms in total. The third-order valence-electron chi connectivity index (χ3n) is 6.84. The highest BCUT2D eigenvalue weighted by molar-refractivity contribution is 8.00. The van der Waals surface area contributed by atoms with Crippen LogP contribution in [0.2, 0.25) is 0 Å². The number of nitrogens with zero attached hydrogens (tertiary/aromatic N) is 4. The van der Waals surface area contributed by atoms with E-state index in [0.29, 0.717) is 22.8 Å². The number of ether oxygens (including phenoxy) is 1. The van der Waals surface area contributed by atoms with Crippen LogP contribution in [0.3, 0.4) is 0 Å². The second kappa shape index (κ2) is 14.9. The highest BCUT2D eigenvalue weighted by atomic mass is 32.2. The van der Waals surface area contributed by atoms with Gasteiger partial charge in [0.05, 0.1) is 10.7 Å². The zero-order valence-corrected chi connectivity index (χ0v) is 27.7. The number of nitrogens with one attached hydrogen (secondary N) is 5. The largest absolute Gasteiger partial charge is 0.453 e. The van der Waals surface area contributed by atoms with E-state index in [0.717, 1.165) is 28.2 Å². The summed E-state index contributed by atoms with van der Waals surface area (Å²) in [6, 6.07) is 0. The Morgan fingerprint density at radius 2 is 1.66 bits per heavy atom. The minimum Gasteiger partial charge on any atom is -0.453 e. The molecule has 0 fully saturated rings. The maximum atomic E-state index is 13.3. The van der Waals surface area contributed by atoms with Crippen molar-refractivity contribution in [3.63, 3.8) is 0 Å². The Morgan fingerprint density at radius 3 is 2.28 bits per heavy atom. The van der Waals surface area contributed by atoms with Gasteiger partial charge < -0.3 is 42.2 Å². The SMILES string of the molecule is C=CC1=C(C(=O)Nc2nc(/C(=N/O)C(=O)NCC3NC4=C(CS3)C(C)OC4=O)cs2)NC(CNC(=O)/C(=N\O)c2csc(N)n2)SC1. The first-order chi connectivity index (χ1) is 22.6. The van der Waals surface area contributed by atoms with E-state index in [2.05, 4.69) is 53.4 Å². The third-order valence-corrected chi connectivity index (χ3v) is 10.6. The number of aromatic nitrogens is 2. The molecule has 0 spiro atoms. The minimum atomic E-state index is -0.708. The average molecular weight is 721 g/mol. The van der Waals surface area contributed by atoms with Crippen molar-refractivity contribution >= 4 is 91.6 Å². The van der Waals surface area contributed by atoms with Crippen molar-refractivity contribution in [1.82, 2.24) is 31.2 Å². The van der Waals surface area contributed by atoms with E-state index in [-0.39, 0.29) is 63.3 Å². The van der Waals surface area contributed by atoms with E-state index in [4.69, 9.17) is 10.5 Å². The number of carbonyl (C=O) groups excluding carboxylic acids is 4. The predicted molar refractivity (Wildman–Crippen MR) is 179 cm³/mol. The Kier molecular flexibility index (Phi) is 10.7. The van der Waals surface area contributed by atoms with Crippen molar-refractivity contribution in [3.05, 3.63) is 57.3 Å². The molecule has 21 heteroatoms. The summed E-state index contributed by atoms with van der Waals surface area (Å²) in [5.74, 6) is -1.39. The number of oxime groups is 2. The quantitative estimate of drug-likeness (QED) is 0.0676. The Bertz CT molecular complexity index is 1730. The van der Waals surface area contributed by atoms with Crippen LogP contribution >= 0.6 is 46.2 Å². The number of nitrogens with two attached hydrogens (primary N) is 1. The summed E-state index contributed by atoms with van der Waals surface area (Å²) in [7, 11) is 0. The molecule has 9 N–H and O–H groups in total. The van der Waals surface area contributed by atoms with Crippen LogP contribution in [0, 0.1) is 0 Å². The van der Waals surface area contributed by atoms with Gasteiger partial charge in [-0.05, 0) is 12.5 Å². The van der Waals surface area contributed by atoms with Gasteiger partial charge in [0.15, 0.2) is 21.7 Å². The fraction of sp³-hybridized carbons (Fsp3) is 0.308. The van der Waals surface area contributed by atoms with Gasteiger partial charge in [-0.2, -0.15) is 0 Å². The zero-order valence-electron chi connectivity index (χ0n) is 24.4. The highest BCUT2D eigenvalue weighted by Gasteiger charge is 2.36. The van der Waals surface area contributed by atoms with Crippen LogP contribution in [-0.2, 0) is 23.9 Å². The Hall–Kier alpha value is -4.60. The lowest BCUT2D eigenvalue weighted by Crippen LogP contribution is -2.45. The number of allylic oxidation sites excluding steroid dienone is 1. The molecule has 2 aromatic rings. The van der Waals surface area contributed by atoms with Gasteiger partial charge in [0.1, 0.15) is 28.9 Å². The van der Waals surface area contributed by atoms with E-state index in [1.54, 1.807) is 6.92 Å². The summed E-state index contributed by atoms with van der Waals surface area (Å²) in [4.78, 5) is 58.9. The predicted octanol–water partition coefficient (Wildman–Crippen LogP) is 0.374. The summed E-state index contributed by atoms with van der Waals surface area (Å²) in [5.41, 5.74) is 7.18. The molecule has 248 valence electrons. The lowest BCUT2D eigenvalue weighted by atomic mass is 10.1. The van der Waals surface area contributed by atoms with Crippen molar-refractivity contribution in [2.24, 2.45) is 10.3 Å². The standard InChI is InChI=1S/C26H28N10O7S4/c1-3-11-6-44-15(4-28-21(37)19(35-41)13-8-46-25(27)30-13)32-17(11)23(39)34-26-31-14(9-47-26)20(36-42)22(38)29-5-16-33-18-12(7-45-16)10(2)43-24(18)40/h3,8-10,15-16,32-33,41-42H,1,4-7H2,2H3,(H2,27,30)(H,28,37)(H,29,38)(H,31,34,39)/b35-19-,36-20-. The Morgan fingerprint density at radius 1 is 1.04 bits per heavy atom. The second-order valence-corrected chi connectivity index (χ2v) is 14.0. The van der Waals surface area contributed by atoms with Crippen LogP contribution in [-0.4, -0.2) is 96.9 Å². The molecule has 0 aromatic carbocycles. The summed E-state index contributed by atoms with van der Waals surface area (Å²) in [5, 5.41) is 41.7. The van der Waals surface area contributed by atoms with Crippen LogP contribution in [0.5, 0.6) is 0 Å². The highest BCUT2D eigenvalue weighted by Crippen LogP contribution is 2.31. The van der Waals surface area contributed by atoms with Crippen molar-refractivity contribution < 1.29 is 34.3 Å². The molecule has 3 amide bonds. The van der Waals surface area contributed by atoms with E-state index in [1.165, 1.54) is 40.4 Å². The number of thiazole rings is 2. The lowest BCUT2D eigenvalue weighted by molar-refractivity contribution is -0.139. The second-order valence-electron chi connectivity index (χ2n) is 9.82. The van der Waals surface area contributed by atoms with Crippen molar-refractivity contribution in [2.45, 2.75) is 23.8 Å². The topological polar surface area (TPSA) is 255 Å². The molecule has 3 atom stereocenters. The number of carbonyl (C=O) groups is 4. The van der Waals surface area contributed by atoms with E-state index >= 15 is 0 Å². The van der Waals surface area contributed by atoms with Gasteiger partial charge in [-0.15, -0.1) is 46.2 Å². The molecule has 5 heterocycles. The summed E-state index contributed by atoms with van der Waals surface area (Å²) in [6.07, 6.45) is 1.24. The first kappa shape index (κ1) is 33.8. The Labute approximate surface area is 283 Å². The maximum absolute atomic E-state index is 13.3. The number of hydrogen-bond donors (Lipinski definition) is 8. The maximum Gasteiger partial charge on any atom is 0.355 e. The van der Waals surface area contributed by atoms with E-state index in [1.807, 2.05) is 0 Å². The van der Waals surface area contributed by atoms with Crippen molar-refractivity contribution in [1.29, 1.82) is 0 Å². The number of hydrogen-bond acceptors (Lipinski definition) is 18. The molecule has 47 heavy (non-hydrogen) atoms. The monoisotopic (exact) mass is 720 g/mol. The summed E-state index contributed by atoms with van der Waals surface area (Å²) in [6.45, 7) is 5.75. The molecule has 2 aromatic heterocycles. The average Bonchev–Trinajstić information content (AvgIpc) is 3.78. The number of esters is 1. The molecule has 0 bridgehead atoms. The molecule has 0 radical (unpaired) electrons. The number of nitrogen functional groups attached to an aromatic ring is 1.